The molecule has 0 unspecified atom stereocenters. The summed E-state index contributed by atoms with van der Waals surface area (Å²) in [7, 11) is 0. The Hall–Kier alpha value is -1.10. The van der Waals surface area contributed by atoms with Gasteiger partial charge in [-0.3, -0.25) is 14.5 Å². The average molecular weight is 378 g/mol. The Kier molecular flexibility index (Phi) is 7.18. The zero-order valence-corrected chi connectivity index (χ0v) is 17.6. The van der Waals surface area contributed by atoms with E-state index in [1.54, 1.807) is 6.92 Å². The van der Waals surface area contributed by atoms with Crippen LogP contribution in [0.25, 0.3) is 0 Å². The zero-order chi connectivity index (χ0) is 19.4. The van der Waals surface area contributed by atoms with Gasteiger partial charge in [0.25, 0.3) is 0 Å². The van der Waals surface area contributed by atoms with E-state index in [9.17, 15) is 9.59 Å². The summed E-state index contributed by atoms with van der Waals surface area (Å²) in [5.41, 5.74) is 0. The molecule has 0 aromatic rings. The SMILES string of the molecule is CC(=O)N1C[C@@H]2CCCN3CCC[C@@H]([C@H]23)[C@H]1CCCC(=O)NCCC(C)C. The Balaban J connectivity index is 1.56. The topological polar surface area (TPSA) is 52.7 Å². The molecule has 5 heteroatoms. The first-order chi connectivity index (χ1) is 13.0. The van der Waals surface area contributed by atoms with E-state index in [4.69, 9.17) is 0 Å². The van der Waals surface area contributed by atoms with Gasteiger partial charge in [-0.25, -0.2) is 0 Å². The van der Waals surface area contributed by atoms with Gasteiger partial charge >= 0.3 is 0 Å². The third-order valence-corrected chi connectivity index (χ3v) is 7.02. The number of nitrogens with zero attached hydrogens (tertiary/aromatic N) is 2. The second-order valence-electron chi connectivity index (χ2n) is 9.40. The number of amides is 2. The van der Waals surface area contributed by atoms with Gasteiger partial charge in [0.15, 0.2) is 0 Å². The molecule has 4 atom stereocenters. The average Bonchev–Trinajstić information content (AvgIpc) is 2.63. The predicted octanol–water partition coefficient (Wildman–Crippen LogP) is 3.04. The van der Waals surface area contributed by atoms with Gasteiger partial charge in [-0.1, -0.05) is 13.8 Å². The summed E-state index contributed by atoms with van der Waals surface area (Å²) >= 11 is 0. The van der Waals surface area contributed by atoms with Crippen LogP contribution in [0.5, 0.6) is 0 Å². The molecule has 3 saturated heterocycles. The van der Waals surface area contributed by atoms with Crippen molar-refractivity contribution in [3.63, 3.8) is 0 Å². The molecule has 0 radical (unpaired) electrons. The van der Waals surface area contributed by atoms with E-state index in [0.29, 0.717) is 36.3 Å². The van der Waals surface area contributed by atoms with E-state index in [-0.39, 0.29) is 11.8 Å². The molecule has 0 saturated carbocycles. The first-order valence-corrected chi connectivity index (χ1v) is 11.2. The highest BCUT2D eigenvalue weighted by molar-refractivity contribution is 5.76. The van der Waals surface area contributed by atoms with E-state index in [2.05, 4.69) is 29.0 Å². The van der Waals surface area contributed by atoms with Gasteiger partial charge in [0.1, 0.15) is 0 Å². The fourth-order valence-corrected chi connectivity index (χ4v) is 5.79. The highest BCUT2D eigenvalue weighted by Gasteiger charge is 2.48. The molecule has 3 rings (SSSR count). The number of rotatable bonds is 7. The fourth-order valence-electron chi connectivity index (χ4n) is 5.79. The summed E-state index contributed by atoms with van der Waals surface area (Å²) in [4.78, 5) is 29.4. The van der Waals surface area contributed by atoms with Crippen LogP contribution in [0.15, 0.2) is 0 Å². The van der Waals surface area contributed by atoms with Gasteiger partial charge in [0.2, 0.25) is 11.8 Å². The Bertz CT molecular complexity index is 520. The van der Waals surface area contributed by atoms with Crippen LogP contribution in [0.3, 0.4) is 0 Å². The summed E-state index contributed by atoms with van der Waals surface area (Å²) < 4.78 is 0. The Morgan fingerprint density at radius 2 is 1.89 bits per heavy atom. The number of hydrogen-bond donors (Lipinski definition) is 1. The van der Waals surface area contributed by atoms with Crippen molar-refractivity contribution in [3.8, 4) is 0 Å². The van der Waals surface area contributed by atoms with Gasteiger partial charge in [-0.15, -0.1) is 0 Å². The Morgan fingerprint density at radius 1 is 1.15 bits per heavy atom. The third kappa shape index (κ3) is 5.04. The molecule has 27 heavy (non-hydrogen) atoms. The van der Waals surface area contributed by atoms with Gasteiger partial charge in [0.05, 0.1) is 0 Å². The highest BCUT2D eigenvalue weighted by Crippen LogP contribution is 2.43. The van der Waals surface area contributed by atoms with E-state index < -0.39 is 0 Å². The van der Waals surface area contributed by atoms with Crippen LogP contribution in [0.2, 0.25) is 0 Å². The minimum absolute atomic E-state index is 0.168. The molecule has 3 fully saturated rings. The summed E-state index contributed by atoms with van der Waals surface area (Å²) in [6.45, 7) is 10.3. The minimum atomic E-state index is 0.168. The van der Waals surface area contributed by atoms with E-state index >= 15 is 0 Å². The lowest BCUT2D eigenvalue weighted by Crippen LogP contribution is -2.65. The number of hydrogen-bond acceptors (Lipinski definition) is 3. The molecule has 0 bridgehead atoms. The monoisotopic (exact) mass is 377 g/mol. The first kappa shape index (κ1) is 20.6. The lowest BCUT2D eigenvalue weighted by Gasteiger charge is -2.57. The van der Waals surface area contributed by atoms with E-state index in [0.717, 1.165) is 32.4 Å². The van der Waals surface area contributed by atoms with Crippen molar-refractivity contribution in [2.24, 2.45) is 17.8 Å². The predicted molar refractivity (Wildman–Crippen MR) is 108 cm³/mol. The molecule has 3 aliphatic heterocycles. The van der Waals surface area contributed by atoms with Gasteiger partial charge in [0, 0.05) is 38.5 Å². The van der Waals surface area contributed by atoms with Crippen molar-refractivity contribution in [1.82, 2.24) is 15.1 Å². The molecule has 0 spiro atoms. The summed E-state index contributed by atoms with van der Waals surface area (Å²) in [5.74, 6) is 2.27. The van der Waals surface area contributed by atoms with E-state index in [1.165, 1.54) is 38.8 Å². The summed E-state index contributed by atoms with van der Waals surface area (Å²) in [6.07, 6.45) is 8.53. The van der Waals surface area contributed by atoms with Crippen molar-refractivity contribution >= 4 is 11.8 Å². The molecule has 5 nitrogen and oxygen atoms in total. The summed E-state index contributed by atoms with van der Waals surface area (Å²) in [6, 6.07) is 1.00. The molecule has 0 aromatic carbocycles. The smallest absolute Gasteiger partial charge is 0.219 e. The van der Waals surface area contributed by atoms with Crippen molar-refractivity contribution in [1.29, 1.82) is 0 Å². The van der Waals surface area contributed by atoms with Crippen LogP contribution in [0.1, 0.15) is 72.1 Å². The van der Waals surface area contributed by atoms with Crippen molar-refractivity contribution in [2.75, 3.05) is 26.2 Å². The quantitative estimate of drug-likeness (QED) is 0.742. The number of nitrogens with one attached hydrogen (secondary N) is 1. The number of likely N-dealkylation sites (tertiary alicyclic amines) is 1. The van der Waals surface area contributed by atoms with Crippen LogP contribution < -0.4 is 5.32 Å². The molecule has 0 aromatic heterocycles. The minimum Gasteiger partial charge on any atom is -0.356 e. The molecular formula is C22H39N3O2. The van der Waals surface area contributed by atoms with Crippen LogP contribution in [-0.4, -0.2) is 59.9 Å². The van der Waals surface area contributed by atoms with Crippen molar-refractivity contribution in [3.05, 3.63) is 0 Å². The molecular weight excluding hydrogens is 338 g/mol. The highest BCUT2D eigenvalue weighted by atomic mass is 16.2. The lowest BCUT2D eigenvalue weighted by atomic mass is 9.69. The third-order valence-electron chi connectivity index (χ3n) is 7.02. The van der Waals surface area contributed by atoms with Crippen LogP contribution in [0, 0.1) is 17.8 Å². The van der Waals surface area contributed by atoms with Gasteiger partial charge in [-0.05, 0) is 75.8 Å². The van der Waals surface area contributed by atoms with Crippen molar-refractivity contribution < 1.29 is 9.59 Å². The van der Waals surface area contributed by atoms with Gasteiger partial charge < -0.3 is 10.2 Å². The van der Waals surface area contributed by atoms with Crippen LogP contribution in [-0.2, 0) is 9.59 Å². The molecule has 3 aliphatic rings. The molecule has 154 valence electrons. The van der Waals surface area contributed by atoms with Crippen LogP contribution in [0.4, 0.5) is 0 Å². The molecule has 3 heterocycles. The summed E-state index contributed by atoms with van der Waals surface area (Å²) in [5, 5.41) is 3.05. The number of carbonyl (C=O) groups excluding carboxylic acids is 2. The fraction of sp³-hybridized carbons (Fsp3) is 0.909. The normalized spacial score (nSPS) is 30.9. The Labute approximate surface area is 165 Å². The second-order valence-corrected chi connectivity index (χ2v) is 9.40. The lowest BCUT2D eigenvalue weighted by molar-refractivity contribution is -0.144. The van der Waals surface area contributed by atoms with Crippen molar-refractivity contribution in [2.45, 2.75) is 84.2 Å². The maximum atomic E-state index is 12.4. The van der Waals surface area contributed by atoms with E-state index in [1.807, 2.05) is 0 Å². The molecule has 0 aliphatic carbocycles. The zero-order valence-electron chi connectivity index (χ0n) is 17.6. The first-order valence-electron chi connectivity index (χ1n) is 11.2. The van der Waals surface area contributed by atoms with Crippen LogP contribution >= 0.6 is 0 Å². The maximum Gasteiger partial charge on any atom is 0.219 e. The number of piperidine rings is 3. The largest absolute Gasteiger partial charge is 0.356 e. The maximum absolute atomic E-state index is 12.4. The number of carbonyl (C=O) groups is 2. The van der Waals surface area contributed by atoms with Gasteiger partial charge in [-0.2, -0.15) is 0 Å². The molecule has 2 amide bonds. The molecule has 1 N–H and O–H groups in total. The second kappa shape index (κ2) is 9.40. The standard InChI is InChI=1S/C22H39N3O2/c1-16(2)11-12-23-21(27)10-4-9-20-19-8-6-14-24-13-5-7-18(22(19)24)15-25(20)17(3)26/h16,18-20,22H,4-15H2,1-3H3,(H,23,27)/t18-,19+,20+,22-/m0/s1. The Morgan fingerprint density at radius 3 is 2.59 bits per heavy atom.